The minimum Gasteiger partial charge on any atom is -0.496 e. The van der Waals surface area contributed by atoms with Crippen LogP contribution in [0.1, 0.15) is 31.2 Å². The molecule has 0 aromatic heterocycles. The molecule has 166 valence electrons. The summed E-state index contributed by atoms with van der Waals surface area (Å²) in [7, 11) is 3.67. The highest BCUT2D eigenvalue weighted by Crippen LogP contribution is 2.33. The van der Waals surface area contributed by atoms with E-state index in [1.165, 1.54) is 12.1 Å². The molecular formula is C25H31FN2O3. The molecule has 2 saturated heterocycles. The monoisotopic (exact) mass is 426 g/mol. The maximum Gasteiger partial charge on any atom is 0.252 e. The zero-order valence-electron chi connectivity index (χ0n) is 18.3. The summed E-state index contributed by atoms with van der Waals surface area (Å²) in [6.45, 7) is 2.57. The Hall–Kier alpha value is -2.44. The Labute approximate surface area is 183 Å². The Kier molecular flexibility index (Phi) is 6.58. The van der Waals surface area contributed by atoms with Gasteiger partial charge in [0.1, 0.15) is 11.6 Å². The predicted molar refractivity (Wildman–Crippen MR) is 119 cm³/mol. The quantitative estimate of drug-likeness (QED) is 0.763. The third-order valence-corrected chi connectivity index (χ3v) is 6.39. The fourth-order valence-electron chi connectivity index (χ4n) is 4.74. The van der Waals surface area contributed by atoms with E-state index in [9.17, 15) is 9.18 Å². The first-order valence-corrected chi connectivity index (χ1v) is 11.1. The first kappa shape index (κ1) is 21.8. The summed E-state index contributed by atoms with van der Waals surface area (Å²) in [6.07, 6.45) is 4.25. The molecule has 2 fully saturated rings. The number of amides is 1. The number of likely N-dealkylation sites (tertiary alicyclic amines) is 1. The zero-order chi connectivity index (χ0) is 21.8. The topological polar surface area (TPSA) is 50.8 Å². The van der Waals surface area contributed by atoms with E-state index in [0.29, 0.717) is 24.3 Å². The van der Waals surface area contributed by atoms with E-state index in [-0.39, 0.29) is 17.8 Å². The standard InChI is InChI=1S/C25H31FN2O3/c1-28-13-3-5-21(17-28)27-24(29)25(12-4-14-31-25)16-18-6-8-19(9-7-18)22-15-20(26)10-11-23(22)30-2/h6-11,15,21H,3-5,12-14,16-17H2,1-2H3,(H,27,29). The Morgan fingerprint density at radius 2 is 2.06 bits per heavy atom. The molecule has 2 atom stereocenters. The summed E-state index contributed by atoms with van der Waals surface area (Å²) in [5.41, 5.74) is 1.79. The maximum absolute atomic E-state index is 13.8. The number of carbonyl (C=O) groups excluding carboxylic acids is 1. The molecule has 6 heteroatoms. The van der Waals surface area contributed by atoms with Crippen molar-refractivity contribution < 1.29 is 18.7 Å². The van der Waals surface area contributed by atoms with Crippen LogP contribution in [0.3, 0.4) is 0 Å². The van der Waals surface area contributed by atoms with Crippen LogP contribution in [0.25, 0.3) is 11.1 Å². The van der Waals surface area contributed by atoms with Gasteiger partial charge in [-0.2, -0.15) is 0 Å². The van der Waals surface area contributed by atoms with Crippen molar-refractivity contribution in [1.82, 2.24) is 10.2 Å². The van der Waals surface area contributed by atoms with Gasteiger partial charge in [0, 0.05) is 31.2 Å². The van der Waals surface area contributed by atoms with Crippen molar-refractivity contribution >= 4 is 5.91 Å². The van der Waals surface area contributed by atoms with Crippen molar-refractivity contribution in [3.8, 4) is 16.9 Å². The van der Waals surface area contributed by atoms with E-state index >= 15 is 0 Å². The first-order chi connectivity index (χ1) is 15.0. The van der Waals surface area contributed by atoms with Gasteiger partial charge in [0.25, 0.3) is 5.91 Å². The molecule has 0 spiro atoms. The van der Waals surface area contributed by atoms with E-state index in [0.717, 1.165) is 49.9 Å². The first-order valence-electron chi connectivity index (χ1n) is 11.1. The lowest BCUT2D eigenvalue weighted by Crippen LogP contribution is -2.54. The minimum absolute atomic E-state index is 0.00109. The number of ether oxygens (including phenoxy) is 2. The minimum atomic E-state index is -0.811. The van der Waals surface area contributed by atoms with Crippen LogP contribution in [0.4, 0.5) is 4.39 Å². The molecule has 0 aliphatic carbocycles. The lowest BCUT2D eigenvalue weighted by Gasteiger charge is -2.34. The second-order valence-corrected chi connectivity index (χ2v) is 8.74. The molecule has 0 bridgehead atoms. The number of nitrogens with one attached hydrogen (secondary N) is 1. The van der Waals surface area contributed by atoms with Crippen molar-refractivity contribution in [1.29, 1.82) is 0 Å². The highest BCUT2D eigenvalue weighted by Gasteiger charge is 2.43. The second-order valence-electron chi connectivity index (χ2n) is 8.74. The Bertz CT molecular complexity index is 909. The normalized spacial score (nSPS) is 24.2. The Morgan fingerprint density at radius 3 is 2.74 bits per heavy atom. The predicted octanol–water partition coefficient (Wildman–Crippen LogP) is 3.80. The number of halogens is 1. The number of piperidine rings is 1. The third kappa shape index (κ3) is 4.91. The van der Waals surface area contributed by atoms with Gasteiger partial charge in [-0.05, 0) is 68.6 Å². The Balaban J connectivity index is 1.50. The number of methoxy groups -OCH3 is 1. The van der Waals surface area contributed by atoms with Crippen LogP contribution in [0.2, 0.25) is 0 Å². The lowest BCUT2D eigenvalue weighted by atomic mass is 9.89. The molecule has 1 amide bonds. The van der Waals surface area contributed by atoms with Gasteiger partial charge in [-0.25, -0.2) is 4.39 Å². The van der Waals surface area contributed by atoms with Gasteiger partial charge in [-0.15, -0.1) is 0 Å². The maximum atomic E-state index is 13.8. The smallest absolute Gasteiger partial charge is 0.252 e. The van der Waals surface area contributed by atoms with Gasteiger partial charge in [-0.1, -0.05) is 24.3 Å². The SMILES string of the molecule is COc1ccc(F)cc1-c1ccc(CC2(C(=O)NC3CCCN(C)C3)CCCO2)cc1. The van der Waals surface area contributed by atoms with E-state index in [1.807, 2.05) is 24.3 Å². The van der Waals surface area contributed by atoms with Crippen LogP contribution in [-0.2, 0) is 16.0 Å². The van der Waals surface area contributed by atoms with Gasteiger partial charge in [0.2, 0.25) is 0 Å². The van der Waals surface area contributed by atoms with Crippen LogP contribution in [0.15, 0.2) is 42.5 Å². The van der Waals surface area contributed by atoms with E-state index in [2.05, 4.69) is 17.3 Å². The molecule has 2 aromatic rings. The molecule has 2 aliphatic heterocycles. The summed E-state index contributed by atoms with van der Waals surface area (Å²) < 4.78 is 25.2. The molecule has 1 N–H and O–H groups in total. The summed E-state index contributed by atoms with van der Waals surface area (Å²) in [5.74, 6) is 0.325. The molecule has 0 saturated carbocycles. The van der Waals surface area contributed by atoms with Gasteiger partial charge in [0.05, 0.1) is 7.11 Å². The number of likely N-dealkylation sites (N-methyl/N-ethyl adjacent to an activating group) is 1. The van der Waals surface area contributed by atoms with Gasteiger partial charge < -0.3 is 19.7 Å². The molecule has 31 heavy (non-hydrogen) atoms. The third-order valence-electron chi connectivity index (χ3n) is 6.39. The molecule has 5 nitrogen and oxygen atoms in total. The molecule has 2 aliphatic rings. The average molecular weight is 427 g/mol. The fraction of sp³-hybridized carbons (Fsp3) is 0.480. The number of rotatable bonds is 6. The summed E-state index contributed by atoms with van der Waals surface area (Å²) >= 11 is 0. The molecule has 2 aromatic carbocycles. The van der Waals surface area contributed by atoms with Crippen molar-refractivity contribution in [2.24, 2.45) is 0 Å². The van der Waals surface area contributed by atoms with Crippen LogP contribution >= 0.6 is 0 Å². The van der Waals surface area contributed by atoms with Crippen LogP contribution < -0.4 is 10.1 Å². The molecular weight excluding hydrogens is 395 g/mol. The van der Waals surface area contributed by atoms with Gasteiger partial charge in [-0.3, -0.25) is 4.79 Å². The number of hydrogen-bond donors (Lipinski definition) is 1. The van der Waals surface area contributed by atoms with Crippen molar-refractivity contribution in [2.75, 3.05) is 33.9 Å². The van der Waals surface area contributed by atoms with E-state index < -0.39 is 5.60 Å². The fourth-order valence-corrected chi connectivity index (χ4v) is 4.74. The Morgan fingerprint density at radius 1 is 1.26 bits per heavy atom. The van der Waals surface area contributed by atoms with Gasteiger partial charge >= 0.3 is 0 Å². The van der Waals surface area contributed by atoms with Crippen LogP contribution in [0.5, 0.6) is 5.75 Å². The highest BCUT2D eigenvalue weighted by atomic mass is 19.1. The number of nitrogens with zero attached hydrogens (tertiary/aromatic N) is 1. The lowest BCUT2D eigenvalue weighted by molar-refractivity contribution is -0.142. The van der Waals surface area contributed by atoms with Crippen molar-refractivity contribution in [2.45, 2.75) is 43.7 Å². The van der Waals surface area contributed by atoms with E-state index in [4.69, 9.17) is 9.47 Å². The van der Waals surface area contributed by atoms with Crippen LogP contribution in [-0.4, -0.2) is 56.3 Å². The molecule has 4 rings (SSSR count). The highest BCUT2D eigenvalue weighted by molar-refractivity contribution is 5.86. The number of hydrogen-bond acceptors (Lipinski definition) is 4. The van der Waals surface area contributed by atoms with Crippen molar-refractivity contribution in [3.05, 3.63) is 53.8 Å². The molecule has 2 unspecified atom stereocenters. The summed E-state index contributed by atoms with van der Waals surface area (Å²) in [4.78, 5) is 15.5. The summed E-state index contributed by atoms with van der Waals surface area (Å²) in [5, 5.41) is 3.25. The molecule has 0 radical (unpaired) electrons. The van der Waals surface area contributed by atoms with Crippen molar-refractivity contribution in [3.63, 3.8) is 0 Å². The van der Waals surface area contributed by atoms with Crippen LogP contribution in [0, 0.1) is 5.82 Å². The largest absolute Gasteiger partial charge is 0.496 e. The van der Waals surface area contributed by atoms with E-state index in [1.54, 1.807) is 13.2 Å². The number of benzene rings is 2. The summed E-state index contributed by atoms with van der Waals surface area (Å²) in [6, 6.07) is 12.6. The second kappa shape index (κ2) is 9.37. The zero-order valence-corrected chi connectivity index (χ0v) is 18.3. The number of carbonyl (C=O) groups is 1. The molecule has 2 heterocycles. The average Bonchev–Trinajstić information content (AvgIpc) is 3.24. The van der Waals surface area contributed by atoms with Gasteiger partial charge in [0.15, 0.2) is 5.60 Å².